The molecule has 2 atom stereocenters. The molecule has 0 radical (unpaired) electrons. The molecule has 2 N–H and O–H groups in total. The van der Waals surface area contributed by atoms with Crippen molar-refractivity contribution < 1.29 is 8.42 Å². The van der Waals surface area contributed by atoms with Crippen molar-refractivity contribution in [3.8, 4) is 0 Å². The molecule has 2 saturated heterocycles. The molecule has 116 valence electrons. The van der Waals surface area contributed by atoms with Crippen molar-refractivity contribution in [2.24, 2.45) is 0 Å². The van der Waals surface area contributed by atoms with Gasteiger partial charge >= 0.3 is 0 Å². The third-order valence-electron chi connectivity index (χ3n) is 3.88. The minimum absolute atomic E-state index is 0. The number of imidazole rings is 1. The molecule has 20 heavy (non-hydrogen) atoms. The average molecular weight is 343 g/mol. The van der Waals surface area contributed by atoms with Crippen LogP contribution in [-0.4, -0.2) is 60.0 Å². The van der Waals surface area contributed by atoms with Crippen LogP contribution in [0.2, 0.25) is 0 Å². The van der Waals surface area contributed by atoms with Crippen LogP contribution >= 0.6 is 24.8 Å². The molecule has 1 aromatic rings. The molecule has 0 aromatic carbocycles. The largest absolute Gasteiger partial charge is 0.348 e. The summed E-state index contributed by atoms with van der Waals surface area (Å²) >= 11 is 0. The van der Waals surface area contributed by atoms with Crippen LogP contribution in [0.5, 0.6) is 0 Å². The first-order valence-electron chi connectivity index (χ1n) is 6.22. The van der Waals surface area contributed by atoms with Gasteiger partial charge in [0.25, 0.3) is 0 Å². The minimum Gasteiger partial charge on any atom is -0.348 e. The lowest BCUT2D eigenvalue weighted by Gasteiger charge is -2.37. The number of aromatic nitrogens is 2. The van der Waals surface area contributed by atoms with Crippen molar-refractivity contribution in [2.45, 2.75) is 25.6 Å². The Morgan fingerprint density at radius 3 is 2.80 bits per heavy atom. The van der Waals surface area contributed by atoms with Crippen LogP contribution in [0.25, 0.3) is 0 Å². The normalized spacial score (nSPS) is 28.2. The standard InChI is InChI=1S/C11H18N4O2S.2ClH/c1-8-9(14-7-13-8)4-15-3-2-12-10-5-18(16,17)6-11(10)15;;/h7,10-12H,2-6H2,1H3,(H,13,14);2*1H. The van der Waals surface area contributed by atoms with Crippen LogP contribution in [0.3, 0.4) is 0 Å². The summed E-state index contributed by atoms with van der Waals surface area (Å²) in [5.74, 6) is 0.544. The van der Waals surface area contributed by atoms with Gasteiger partial charge in [0.2, 0.25) is 0 Å². The number of H-pyrrole nitrogens is 1. The zero-order valence-corrected chi connectivity index (χ0v) is 13.7. The molecule has 9 heteroatoms. The molecule has 2 fully saturated rings. The lowest BCUT2D eigenvalue weighted by molar-refractivity contribution is 0.139. The highest BCUT2D eigenvalue weighted by Gasteiger charge is 2.42. The van der Waals surface area contributed by atoms with Crippen LogP contribution in [0.4, 0.5) is 0 Å². The molecule has 0 spiro atoms. The summed E-state index contributed by atoms with van der Waals surface area (Å²) in [4.78, 5) is 9.60. The first-order chi connectivity index (χ1) is 8.55. The smallest absolute Gasteiger partial charge is 0.153 e. The summed E-state index contributed by atoms with van der Waals surface area (Å²) in [6, 6.07) is 0.183. The highest BCUT2D eigenvalue weighted by molar-refractivity contribution is 7.91. The summed E-state index contributed by atoms with van der Waals surface area (Å²) in [6.07, 6.45) is 1.69. The second-order valence-electron chi connectivity index (χ2n) is 5.15. The molecule has 2 aliphatic heterocycles. The van der Waals surface area contributed by atoms with E-state index in [0.717, 1.165) is 31.0 Å². The van der Waals surface area contributed by atoms with E-state index in [9.17, 15) is 8.42 Å². The third-order valence-corrected chi connectivity index (χ3v) is 5.60. The Kier molecular flexibility index (Phi) is 5.86. The molecule has 2 unspecified atom stereocenters. The fourth-order valence-corrected chi connectivity index (χ4v) is 4.87. The van der Waals surface area contributed by atoms with Gasteiger partial charge in [-0.25, -0.2) is 13.4 Å². The van der Waals surface area contributed by atoms with Gasteiger partial charge in [-0.15, -0.1) is 24.8 Å². The number of nitrogens with zero attached hydrogens (tertiary/aromatic N) is 2. The quantitative estimate of drug-likeness (QED) is 0.798. The Morgan fingerprint density at radius 1 is 1.40 bits per heavy atom. The number of sulfone groups is 1. The van der Waals surface area contributed by atoms with Crippen molar-refractivity contribution in [3.05, 3.63) is 17.7 Å². The minimum atomic E-state index is -2.88. The first kappa shape index (κ1) is 17.7. The Bertz CT molecular complexity index is 548. The van der Waals surface area contributed by atoms with Crippen LogP contribution in [0.1, 0.15) is 11.4 Å². The van der Waals surface area contributed by atoms with Crippen molar-refractivity contribution in [1.29, 1.82) is 0 Å². The molecular weight excluding hydrogens is 323 g/mol. The highest BCUT2D eigenvalue weighted by Crippen LogP contribution is 2.23. The van der Waals surface area contributed by atoms with E-state index in [0.29, 0.717) is 0 Å². The zero-order chi connectivity index (χ0) is 12.8. The molecule has 0 aliphatic carbocycles. The highest BCUT2D eigenvalue weighted by atomic mass is 35.5. The van der Waals surface area contributed by atoms with Crippen LogP contribution < -0.4 is 5.32 Å². The second kappa shape index (κ2) is 6.62. The molecule has 0 amide bonds. The predicted octanol–water partition coefficient (Wildman–Crippen LogP) is 0.133. The van der Waals surface area contributed by atoms with Gasteiger partial charge in [-0.3, -0.25) is 4.90 Å². The van der Waals surface area contributed by atoms with E-state index in [1.807, 2.05) is 6.92 Å². The van der Waals surface area contributed by atoms with Crippen LogP contribution in [-0.2, 0) is 16.4 Å². The number of fused-ring (bicyclic) bond motifs is 1. The maximum absolute atomic E-state index is 11.7. The molecular formula is C11H20Cl2N4O2S. The number of aromatic amines is 1. The molecule has 2 aliphatic rings. The van der Waals surface area contributed by atoms with Crippen molar-refractivity contribution in [3.63, 3.8) is 0 Å². The van der Waals surface area contributed by atoms with Crippen LogP contribution in [0, 0.1) is 6.92 Å². The average Bonchev–Trinajstić information content (AvgIpc) is 2.82. The predicted molar refractivity (Wildman–Crippen MR) is 82.5 cm³/mol. The maximum Gasteiger partial charge on any atom is 0.153 e. The SMILES string of the molecule is Cc1[nH]cnc1CN1CCNC2CS(=O)(=O)CC21.Cl.Cl. The van der Waals surface area contributed by atoms with Gasteiger partial charge in [0.1, 0.15) is 0 Å². The van der Waals surface area contributed by atoms with Crippen molar-refractivity contribution in [2.75, 3.05) is 24.6 Å². The fourth-order valence-electron chi connectivity index (χ4n) is 2.88. The summed E-state index contributed by atoms with van der Waals surface area (Å²) in [5.41, 5.74) is 2.07. The van der Waals surface area contributed by atoms with Gasteiger partial charge < -0.3 is 10.3 Å². The number of rotatable bonds is 2. The van der Waals surface area contributed by atoms with E-state index < -0.39 is 9.84 Å². The van der Waals surface area contributed by atoms with Gasteiger partial charge in [-0.2, -0.15) is 0 Å². The van der Waals surface area contributed by atoms with Gasteiger partial charge in [0, 0.05) is 37.4 Å². The molecule has 0 bridgehead atoms. The monoisotopic (exact) mass is 342 g/mol. The number of piperazine rings is 1. The zero-order valence-electron chi connectivity index (χ0n) is 11.2. The number of nitrogens with one attached hydrogen (secondary N) is 2. The maximum atomic E-state index is 11.7. The molecule has 1 aromatic heterocycles. The van der Waals surface area contributed by atoms with Gasteiger partial charge in [0.05, 0.1) is 23.5 Å². The summed E-state index contributed by atoms with van der Waals surface area (Å²) in [6.45, 7) is 4.45. The Morgan fingerprint density at radius 2 is 2.15 bits per heavy atom. The Hall–Kier alpha value is -0.340. The van der Waals surface area contributed by atoms with E-state index >= 15 is 0 Å². The second-order valence-corrected chi connectivity index (χ2v) is 7.30. The van der Waals surface area contributed by atoms with E-state index in [4.69, 9.17) is 0 Å². The van der Waals surface area contributed by atoms with Crippen molar-refractivity contribution >= 4 is 34.7 Å². The molecule has 3 heterocycles. The van der Waals surface area contributed by atoms with Gasteiger partial charge in [-0.1, -0.05) is 0 Å². The van der Waals surface area contributed by atoms with E-state index in [1.54, 1.807) is 6.33 Å². The number of hydrogen-bond acceptors (Lipinski definition) is 5. The lowest BCUT2D eigenvalue weighted by atomic mass is 10.1. The topological polar surface area (TPSA) is 78.1 Å². The fraction of sp³-hybridized carbons (Fsp3) is 0.727. The Labute approximate surface area is 131 Å². The number of halogens is 2. The Balaban J connectivity index is 0.000001000. The molecule has 3 rings (SSSR count). The number of aryl methyl sites for hydroxylation is 1. The van der Waals surface area contributed by atoms with E-state index in [-0.39, 0.29) is 48.4 Å². The summed E-state index contributed by atoms with van der Waals surface area (Å²) in [5, 5.41) is 3.31. The lowest BCUT2D eigenvalue weighted by Crippen LogP contribution is -2.56. The molecule has 6 nitrogen and oxygen atoms in total. The summed E-state index contributed by atoms with van der Waals surface area (Å²) in [7, 11) is -2.88. The number of hydrogen-bond donors (Lipinski definition) is 2. The first-order valence-corrected chi connectivity index (χ1v) is 8.04. The van der Waals surface area contributed by atoms with Gasteiger partial charge in [-0.05, 0) is 6.92 Å². The third kappa shape index (κ3) is 3.46. The van der Waals surface area contributed by atoms with Crippen LogP contribution in [0.15, 0.2) is 6.33 Å². The molecule has 0 saturated carbocycles. The van der Waals surface area contributed by atoms with Gasteiger partial charge in [0.15, 0.2) is 9.84 Å². The van der Waals surface area contributed by atoms with E-state index in [1.165, 1.54) is 0 Å². The van der Waals surface area contributed by atoms with E-state index in [2.05, 4.69) is 20.2 Å². The summed E-state index contributed by atoms with van der Waals surface area (Å²) < 4.78 is 23.4. The van der Waals surface area contributed by atoms with Crippen molar-refractivity contribution in [1.82, 2.24) is 20.2 Å².